The number of nitrogens with zero attached hydrogens (tertiary/aromatic N) is 3. The molecule has 2 heterocycles. The molecule has 0 saturated heterocycles. The van der Waals surface area contributed by atoms with E-state index in [1.165, 1.54) is 12.1 Å². The van der Waals surface area contributed by atoms with Crippen LogP contribution in [0.1, 0.15) is 15.9 Å². The summed E-state index contributed by atoms with van der Waals surface area (Å²) in [7, 11) is 0. The zero-order chi connectivity index (χ0) is 21.1. The molecule has 30 heavy (non-hydrogen) atoms. The molecule has 0 unspecified atom stereocenters. The first kappa shape index (κ1) is 19.6. The Kier molecular flexibility index (Phi) is 5.22. The van der Waals surface area contributed by atoms with E-state index in [1.807, 2.05) is 53.4 Å². The molecule has 0 aliphatic heterocycles. The van der Waals surface area contributed by atoms with Gasteiger partial charge in [0.05, 0.1) is 18.4 Å². The fourth-order valence-corrected chi connectivity index (χ4v) is 3.19. The number of Topliss-reactive ketones (excluding diaryl/α,β-unsaturated/α-hetero) is 1. The number of ketones is 1. The van der Waals surface area contributed by atoms with Gasteiger partial charge in [0, 0.05) is 17.2 Å². The van der Waals surface area contributed by atoms with E-state index in [2.05, 4.69) is 9.72 Å². The van der Waals surface area contributed by atoms with Crippen LogP contribution in [0.4, 0.5) is 13.2 Å². The molecule has 0 atom stereocenters. The Balaban J connectivity index is 1.51. The Morgan fingerprint density at radius 1 is 1.07 bits per heavy atom. The van der Waals surface area contributed by atoms with Crippen molar-refractivity contribution in [1.29, 1.82) is 0 Å². The average Bonchev–Trinajstić information content (AvgIpc) is 3.09. The number of rotatable bonds is 6. The highest BCUT2D eigenvalue weighted by atomic mass is 19.4. The molecule has 0 saturated carbocycles. The molecule has 4 rings (SSSR count). The zero-order valence-electron chi connectivity index (χ0n) is 15.7. The number of imidazole rings is 1. The third-order valence-corrected chi connectivity index (χ3v) is 4.53. The van der Waals surface area contributed by atoms with E-state index in [0.717, 1.165) is 28.7 Å². The molecule has 8 heteroatoms. The number of pyridine rings is 1. The van der Waals surface area contributed by atoms with Crippen LogP contribution in [0.2, 0.25) is 0 Å². The Hall–Kier alpha value is -3.68. The second kappa shape index (κ2) is 7.98. The number of fused-ring (bicyclic) bond motifs is 1. The highest BCUT2D eigenvalue weighted by Gasteiger charge is 2.31. The van der Waals surface area contributed by atoms with Crippen LogP contribution in [0.25, 0.3) is 11.0 Å². The fraction of sp³-hybridized carbons (Fsp3) is 0.136. The molecule has 0 radical (unpaired) electrons. The molecule has 0 aliphatic carbocycles. The number of benzene rings is 2. The van der Waals surface area contributed by atoms with Gasteiger partial charge >= 0.3 is 6.36 Å². The Labute approximate surface area is 170 Å². The highest BCUT2D eigenvalue weighted by Crippen LogP contribution is 2.23. The van der Waals surface area contributed by atoms with E-state index in [0.29, 0.717) is 6.54 Å². The van der Waals surface area contributed by atoms with Gasteiger partial charge < -0.3 is 9.30 Å². The lowest BCUT2D eigenvalue weighted by atomic mass is 10.1. The Morgan fingerprint density at radius 2 is 1.87 bits per heavy atom. The van der Waals surface area contributed by atoms with Crippen LogP contribution in [0.5, 0.6) is 5.75 Å². The van der Waals surface area contributed by atoms with Crippen LogP contribution in [-0.4, -0.2) is 21.7 Å². The van der Waals surface area contributed by atoms with Crippen molar-refractivity contribution in [3.05, 3.63) is 90.5 Å². The second-order valence-corrected chi connectivity index (χ2v) is 6.74. The van der Waals surface area contributed by atoms with Crippen molar-refractivity contribution >= 4 is 16.8 Å². The number of carbonyl (C=O) groups is 1. The molecule has 2 aromatic heterocycles. The minimum absolute atomic E-state index is 0.0470. The summed E-state index contributed by atoms with van der Waals surface area (Å²) in [6.07, 6.45) is 0.527. The van der Waals surface area contributed by atoms with Crippen molar-refractivity contribution in [2.75, 3.05) is 0 Å². The van der Waals surface area contributed by atoms with Crippen LogP contribution in [-0.2, 0) is 13.1 Å². The summed E-state index contributed by atoms with van der Waals surface area (Å²) in [6.45, 7) is 0.642. The number of aromatic nitrogens is 3. The summed E-state index contributed by atoms with van der Waals surface area (Å²) in [4.78, 5) is 16.9. The first-order valence-electron chi connectivity index (χ1n) is 9.14. The smallest absolute Gasteiger partial charge is 0.406 e. The lowest BCUT2D eigenvalue weighted by molar-refractivity contribution is -0.687. The molecule has 2 aromatic carbocycles. The first-order valence-corrected chi connectivity index (χ1v) is 9.14. The van der Waals surface area contributed by atoms with E-state index in [-0.39, 0.29) is 17.9 Å². The summed E-state index contributed by atoms with van der Waals surface area (Å²) >= 11 is 0. The van der Waals surface area contributed by atoms with Crippen LogP contribution in [0.15, 0.2) is 79.4 Å². The molecule has 0 amide bonds. The van der Waals surface area contributed by atoms with Gasteiger partial charge in [-0.05, 0) is 12.1 Å². The number of hydrogen-bond donors (Lipinski definition) is 0. The quantitative estimate of drug-likeness (QED) is 0.353. The predicted octanol–water partition coefficient (Wildman–Crippen LogP) is 4.15. The van der Waals surface area contributed by atoms with Crippen molar-refractivity contribution in [1.82, 2.24) is 9.55 Å². The minimum Gasteiger partial charge on any atom is -0.406 e. The van der Waals surface area contributed by atoms with E-state index >= 15 is 0 Å². The normalized spacial score (nSPS) is 11.6. The highest BCUT2D eigenvalue weighted by molar-refractivity contribution is 5.96. The van der Waals surface area contributed by atoms with Gasteiger partial charge in [0.1, 0.15) is 5.75 Å². The van der Waals surface area contributed by atoms with E-state index in [9.17, 15) is 18.0 Å². The van der Waals surface area contributed by atoms with Gasteiger partial charge in [-0.1, -0.05) is 42.5 Å². The van der Waals surface area contributed by atoms with Crippen molar-refractivity contribution in [3.63, 3.8) is 0 Å². The molecular weight excluding hydrogens is 395 g/mol. The number of carbonyl (C=O) groups excluding carboxylic acids is 1. The minimum atomic E-state index is -4.81. The topological polar surface area (TPSA) is 48.0 Å². The van der Waals surface area contributed by atoms with Gasteiger partial charge in [-0.2, -0.15) is 4.57 Å². The summed E-state index contributed by atoms with van der Waals surface area (Å²) in [6, 6.07) is 16.9. The van der Waals surface area contributed by atoms with Crippen LogP contribution in [0.3, 0.4) is 0 Å². The summed E-state index contributed by atoms with van der Waals surface area (Å²) in [5.74, 6) is -0.770. The number of hydrogen-bond acceptors (Lipinski definition) is 3. The fourth-order valence-electron chi connectivity index (χ4n) is 3.19. The van der Waals surface area contributed by atoms with Gasteiger partial charge in [0.2, 0.25) is 0 Å². The Bertz CT molecular complexity index is 1190. The van der Waals surface area contributed by atoms with Crippen molar-refractivity contribution in [2.45, 2.75) is 19.5 Å². The molecular formula is C22H17F3N3O2+. The predicted molar refractivity (Wildman–Crippen MR) is 103 cm³/mol. The van der Waals surface area contributed by atoms with Gasteiger partial charge in [0.25, 0.3) is 0 Å². The van der Waals surface area contributed by atoms with Gasteiger partial charge in [-0.15, -0.1) is 13.2 Å². The SMILES string of the molecule is O=C(Cn1cnc2c[n+](Cc3ccccc3)ccc21)c1cccc(OC(F)(F)F)c1. The number of ether oxygens (including phenoxy) is 1. The summed E-state index contributed by atoms with van der Waals surface area (Å²) in [5, 5.41) is 0. The first-order chi connectivity index (χ1) is 14.4. The number of alkyl halides is 3. The van der Waals surface area contributed by atoms with Gasteiger partial charge in [-0.3, -0.25) is 4.79 Å². The maximum Gasteiger partial charge on any atom is 0.573 e. The van der Waals surface area contributed by atoms with E-state index in [1.54, 1.807) is 10.9 Å². The van der Waals surface area contributed by atoms with Crippen molar-refractivity contribution in [2.24, 2.45) is 0 Å². The maximum atomic E-state index is 12.6. The molecule has 5 nitrogen and oxygen atoms in total. The van der Waals surface area contributed by atoms with Crippen LogP contribution >= 0.6 is 0 Å². The summed E-state index contributed by atoms with van der Waals surface area (Å²) < 4.78 is 44.8. The Morgan fingerprint density at radius 3 is 2.63 bits per heavy atom. The number of halogens is 3. The molecule has 0 aliphatic rings. The second-order valence-electron chi connectivity index (χ2n) is 6.74. The molecule has 4 aromatic rings. The molecule has 0 fully saturated rings. The molecule has 0 spiro atoms. The maximum absolute atomic E-state index is 12.6. The van der Waals surface area contributed by atoms with Gasteiger partial charge in [-0.25, -0.2) is 4.98 Å². The van der Waals surface area contributed by atoms with Crippen LogP contribution < -0.4 is 9.30 Å². The average molecular weight is 412 g/mol. The zero-order valence-corrected chi connectivity index (χ0v) is 15.7. The molecule has 0 bridgehead atoms. The van der Waals surface area contributed by atoms with Crippen LogP contribution in [0, 0.1) is 0 Å². The van der Waals surface area contributed by atoms with Crippen molar-refractivity contribution < 1.29 is 27.3 Å². The van der Waals surface area contributed by atoms with E-state index < -0.39 is 12.1 Å². The standard InChI is InChI=1S/C22H17F3N3O2/c23-22(24,25)30-18-8-4-7-17(11-18)21(29)14-28-15-26-19-13-27(10-9-20(19)28)12-16-5-2-1-3-6-16/h1-11,13,15H,12,14H2/q+1. The lowest BCUT2D eigenvalue weighted by Gasteiger charge is -2.10. The van der Waals surface area contributed by atoms with E-state index in [4.69, 9.17) is 0 Å². The van der Waals surface area contributed by atoms with Gasteiger partial charge in [0.15, 0.2) is 30.2 Å². The summed E-state index contributed by atoms with van der Waals surface area (Å²) in [5.41, 5.74) is 2.76. The van der Waals surface area contributed by atoms with Crippen molar-refractivity contribution in [3.8, 4) is 5.75 Å². The lowest BCUT2D eigenvalue weighted by Crippen LogP contribution is -2.33. The third-order valence-electron chi connectivity index (χ3n) is 4.53. The molecule has 0 N–H and O–H groups in total. The largest absolute Gasteiger partial charge is 0.573 e. The molecule has 152 valence electrons. The third kappa shape index (κ3) is 4.65. The monoisotopic (exact) mass is 412 g/mol.